The van der Waals surface area contributed by atoms with E-state index in [9.17, 15) is 10.1 Å². The molecule has 0 aliphatic carbocycles. The lowest BCUT2D eigenvalue weighted by Crippen LogP contribution is -2.51. The van der Waals surface area contributed by atoms with Gasteiger partial charge in [-0.1, -0.05) is 19.1 Å². The van der Waals surface area contributed by atoms with Crippen LogP contribution in [-0.4, -0.2) is 17.5 Å². The first kappa shape index (κ1) is 22.6. The van der Waals surface area contributed by atoms with Gasteiger partial charge in [-0.25, -0.2) is 0 Å². The van der Waals surface area contributed by atoms with Crippen molar-refractivity contribution in [2.45, 2.75) is 72.4 Å². The molecule has 0 fully saturated rings. The molecule has 1 atom stereocenters. The lowest BCUT2D eigenvalue weighted by molar-refractivity contribution is -0.112. The lowest BCUT2D eigenvalue weighted by atomic mass is 9.78. The molecule has 1 amide bonds. The highest BCUT2D eigenvalue weighted by atomic mass is 16.1. The molecule has 3 rings (SSSR count). The van der Waals surface area contributed by atoms with Gasteiger partial charge in [0.05, 0.1) is 0 Å². The van der Waals surface area contributed by atoms with E-state index < -0.39 is 0 Å². The largest absolute Gasteiger partial charge is 0.364 e. The van der Waals surface area contributed by atoms with Crippen LogP contribution in [-0.2, 0) is 4.79 Å². The summed E-state index contributed by atoms with van der Waals surface area (Å²) in [6, 6.07) is 14.4. The van der Waals surface area contributed by atoms with Crippen LogP contribution in [0.5, 0.6) is 0 Å². The quantitative estimate of drug-likeness (QED) is 0.467. The third-order valence-corrected chi connectivity index (χ3v) is 6.12. The first-order valence-corrected chi connectivity index (χ1v) is 11.0. The Morgan fingerprint density at radius 1 is 1.26 bits per heavy atom. The van der Waals surface area contributed by atoms with Gasteiger partial charge >= 0.3 is 0 Å². The van der Waals surface area contributed by atoms with Crippen LogP contribution in [0.25, 0.3) is 6.08 Å². The molecule has 2 aromatic rings. The minimum atomic E-state index is -0.386. The van der Waals surface area contributed by atoms with Crippen molar-refractivity contribution in [2.75, 3.05) is 10.2 Å². The molecule has 1 aliphatic heterocycles. The maximum atomic E-state index is 12.7. The van der Waals surface area contributed by atoms with E-state index in [1.807, 2.05) is 38.1 Å². The Balaban J connectivity index is 1.99. The zero-order chi connectivity index (χ0) is 22.9. The average molecular weight is 416 g/mol. The highest BCUT2D eigenvalue weighted by molar-refractivity contribution is 6.09. The number of anilines is 2. The first-order chi connectivity index (χ1) is 14.5. The number of carbonyl (C=O) groups excluding carboxylic acids is 1. The number of nitrogens with zero attached hydrogens (tertiary/aromatic N) is 2. The van der Waals surface area contributed by atoms with Gasteiger partial charge in [0.15, 0.2) is 0 Å². The van der Waals surface area contributed by atoms with E-state index in [1.54, 1.807) is 6.08 Å². The van der Waals surface area contributed by atoms with E-state index in [-0.39, 0.29) is 17.0 Å². The summed E-state index contributed by atoms with van der Waals surface area (Å²) in [4.78, 5) is 15.2. The molecule has 0 saturated carbocycles. The Hall–Kier alpha value is -3.06. The van der Waals surface area contributed by atoms with Gasteiger partial charge in [0.1, 0.15) is 11.6 Å². The standard InChI is InChI=1S/C27H33N3O/c1-17(2)30-25-12-19(4)21(14-24(25)20(5)15-27(30,6)7)13-22(16-28)26(31)29-23-10-8-9-18(3)11-23/h8-14,17,20H,15H2,1-7H3,(H,29,31)/b22-13-. The van der Waals surface area contributed by atoms with Crippen molar-refractivity contribution in [3.8, 4) is 6.07 Å². The molecule has 162 valence electrons. The molecule has 4 heteroatoms. The van der Waals surface area contributed by atoms with Gasteiger partial charge in [-0.2, -0.15) is 5.26 Å². The summed E-state index contributed by atoms with van der Waals surface area (Å²) >= 11 is 0. The summed E-state index contributed by atoms with van der Waals surface area (Å²) in [5, 5.41) is 12.5. The van der Waals surface area contributed by atoms with Crippen LogP contribution in [0.3, 0.4) is 0 Å². The fourth-order valence-corrected chi connectivity index (χ4v) is 4.97. The summed E-state index contributed by atoms with van der Waals surface area (Å²) in [5.74, 6) is 0.0163. The second kappa shape index (κ2) is 8.59. The van der Waals surface area contributed by atoms with Gasteiger partial charge in [-0.3, -0.25) is 4.79 Å². The van der Waals surface area contributed by atoms with Crippen LogP contribution in [0.15, 0.2) is 42.0 Å². The van der Waals surface area contributed by atoms with Gasteiger partial charge in [-0.15, -0.1) is 0 Å². The van der Waals surface area contributed by atoms with Gasteiger partial charge < -0.3 is 10.2 Å². The minimum absolute atomic E-state index is 0.0793. The summed E-state index contributed by atoms with van der Waals surface area (Å²) in [7, 11) is 0. The van der Waals surface area contributed by atoms with Crippen molar-refractivity contribution < 1.29 is 4.79 Å². The van der Waals surface area contributed by atoms with Crippen molar-refractivity contribution in [2.24, 2.45) is 0 Å². The zero-order valence-corrected chi connectivity index (χ0v) is 19.7. The number of hydrogen-bond acceptors (Lipinski definition) is 3. The number of hydrogen-bond donors (Lipinski definition) is 1. The normalized spacial score (nSPS) is 17.8. The molecule has 0 spiro atoms. The molecular weight excluding hydrogens is 382 g/mol. The van der Waals surface area contributed by atoms with E-state index in [4.69, 9.17) is 0 Å². The number of rotatable bonds is 4. The number of amides is 1. The Kier molecular flexibility index (Phi) is 6.27. The molecular formula is C27H33N3O. The number of fused-ring (bicyclic) bond motifs is 1. The number of benzene rings is 2. The van der Waals surface area contributed by atoms with Crippen molar-refractivity contribution in [3.63, 3.8) is 0 Å². The Morgan fingerprint density at radius 2 is 1.97 bits per heavy atom. The molecule has 1 heterocycles. The fraction of sp³-hybridized carbons (Fsp3) is 0.407. The zero-order valence-electron chi connectivity index (χ0n) is 19.7. The van der Waals surface area contributed by atoms with E-state index in [0.29, 0.717) is 17.6 Å². The molecule has 1 aliphatic rings. The van der Waals surface area contributed by atoms with Gasteiger partial charge in [0, 0.05) is 23.0 Å². The molecule has 1 unspecified atom stereocenters. The molecule has 4 nitrogen and oxygen atoms in total. The fourth-order valence-electron chi connectivity index (χ4n) is 4.97. The SMILES string of the molecule is Cc1cccc(NC(=O)/C(C#N)=C\c2cc3c(cc2C)N(C(C)C)C(C)(C)CC3C)c1. The predicted octanol–water partition coefficient (Wildman–Crippen LogP) is 6.35. The summed E-state index contributed by atoms with van der Waals surface area (Å²) in [6.07, 6.45) is 2.77. The molecule has 0 aromatic heterocycles. The Morgan fingerprint density at radius 3 is 2.58 bits per heavy atom. The van der Waals surface area contributed by atoms with E-state index in [0.717, 1.165) is 23.1 Å². The van der Waals surface area contributed by atoms with E-state index >= 15 is 0 Å². The van der Waals surface area contributed by atoms with E-state index in [2.05, 4.69) is 63.0 Å². The highest BCUT2D eigenvalue weighted by Gasteiger charge is 2.37. The van der Waals surface area contributed by atoms with Crippen LogP contribution in [0.1, 0.15) is 69.2 Å². The third kappa shape index (κ3) is 4.66. The maximum absolute atomic E-state index is 12.7. The molecule has 31 heavy (non-hydrogen) atoms. The highest BCUT2D eigenvalue weighted by Crippen LogP contribution is 2.45. The van der Waals surface area contributed by atoms with Gasteiger partial charge in [-0.05, 0) is 106 Å². The predicted molar refractivity (Wildman–Crippen MR) is 129 cm³/mol. The van der Waals surface area contributed by atoms with Crippen molar-refractivity contribution in [1.29, 1.82) is 5.26 Å². The topological polar surface area (TPSA) is 56.1 Å². The molecule has 0 bridgehead atoms. The van der Waals surface area contributed by atoms with Gasteiger partial charge in [0.25, 0.3) is 5.91 Å². The lowest BCUT2D eigenvalue weighted by Gasteiger charge is -2.50. The van der Waals surface area contributed by atoms with Crippen LogP contribution in [0.2, 0.25) is 0 Å². The third-order valence-electron chi connectivity index (χ3n) is 6.12. The van der Waals surface area contributed by atoms with Crippen molar-refractivity contribution in [3.05, 3.63) is 64.2 Å². The van der Waals surface area contributed by atoms with Gasteiger partial charge in [0.2, 0.25) is 0 Å². The van der Waals surface area contributed by atoms with Crippen molar-refractivity contribution >= 4 is 23.4 Å². The molecule has 0 radical (unpaired) electrons. The van der Waals surface area contributed by atoms with Crippen molar-refractivity contribution in [1.82, 2.24) is 0 Å². The molecule has 2 aromatic carbocycles. The van der Waals surface area contributed by atoms with Crippen LogP contribution in [0.4, 0.5) is 11.4 Å². The Bertz CT molecular complexity index is 1070. The number of aryl methyl sites for hydroxylation is 2. The minimum Gasteiger partial charge on any atom is -0.364 e. The maximum Gasteiger partial charge on any atom is 0.266 e. The average Bonchev–Trinajstić information content (AvgIpc) is 2.65. The number of nitriles is 1. The van der Waals surface area contributed by atoms with E-state index in [1.165, 1.54) is 11.3 Å². The van der Waals surface area contributed by atoms with Crippen LogP contribution in [0, 0.1) is 25.2 Å². The smallest absolute Gasteiger partial charge is 0.266 e. The number of carbonyl (C=O) groups is 1. The summed E-state index contributed by atoms with van der Waals surface area (Å²) in [6.45, 7) is 15.3. The molecule has 0 saturated heterocycles. The molecule has 1 N–H and O–H groups in total. The summed E-state index contributed by atoms with van der Waals surface area (Å²) < 4.78 is 0. The van der Waals surface area contributed by atoms with Crippen LogP contribution < -0.4 is 10.2 Å². The monoisotopic (exact) mass is 415 g/mol. The second-order valence-electron chi connectivity index (χ2n) is 9.64. The number of nitrogens with one attached hydrogen (secondary N) is 1. The summed E-state index contributed by atoms with van der Waals surface area (Å²) in [5.41, 5.74) is 6.45. The Labute approximate surface area is 186 Å². The van der Waals surface area contributed by atoms with Crippen LogP contribution >= 0.6 is 0 Å². The second-order valence-corrected chi connectivity index (χ2v) is 9.64. The first-order valence-electron chi connectivity index (χ1n) is 11.0.